The summed E-state index contributed by atoms with van der Waals surface area (Å²) >= 11 is 0. The van der Waals surface area contributed by atoms with Crippen LogP contribution in [-0.2, 0) is 16.9 Å². The highest BCUT2D eigenvalue weighted by atomic mass is 16.5. The van der Waals surface area contributed by atoms with Crippen LogP contribution in [0.5, 0.6) is 0 Å². The number of nitrogens with one attached hydrogen (secondary N) is 1. The quantitative estimate of drug-likeness (QED) is 0.836. The monoisotopic (exact) mass is 254 g/mol. The molecule has 1 unspecified atom stereocenters. The van der Waals surface area contributed by atoms with E-state index in [2.05, 4.69) is 20.4 Å². The molecule has 0 radical (unpaired) electrons. The molecule has 2 rings (SSSR count). The first-order chi connectivity index (χ1) is 8.68. The fourth-order valence-electron chi connectivity index (χ4n) is 1.99. The largest absolute Gasteiger partial charge is 0.369 e. The summed E-state index contributed by atoms with van der Waals surface area (Å²) in [6, 6.07) is 0. The van der Waals surface area contributed by atoms with Crippen molar-refractivity contribution in [1.29, 1.82) is 0 Å². The molecule has 0 spiro atoms. The van der Waals surface area contributed by atoms with E-state index in [0.29, 0.717) is 5.89 Å². The second-order valence-electron chi connectivity index (χ2n) is 4.83. The number of rotatable bonds is 5. The van der Waals surface area contributed by atoms with E-state index in [1.807, 2.05) is 13.8 Å². The molecule has 1 fully saturated rings. The van der Waals surface area contributed by atoms with E-state index in [1.165, 1.54) is 0 Å². The Morgan fingerprint density at radius 1 is 1.44 bits per heavy atom. The van der Waals surface area contributed by atoms with E-state index in [0.717, 1.165) is 45.0 Å². The van der Waals surface area contributed by atoms with Gasteiger partial charge in [0.25, 0.3) is 5.89 Å². The third-order valence-electron chi connectivity index (χ3n) is 3.62. The van der Waals surface area contributed by atoms with Gasteiger partial charge in [0.15, 0.2) is 5.82 Å². The van der Waals surface area contributed by atoms with Crippen LogP contribution in [0.3, 0.4) is 0 Å². The van der Waals surface area contributed by atoms with Crippen LogP contribution in [0.4, 0.5) is 0 Å². The second-order valence-corrected chi connectivity index (χ2v) is 4.83. The molecule has 1 aromatic rings. The maximum absolute atomic E-state index is 5.46. The Morgan fingerprint density at radius 2 is 2.17 bits per heavy atom. The molecule has 1 atom stereocenters. The highest BCUT2D eigenvalue weighted by Crippen LogP contribution is 2.26. The highest BCUT2D eigenvalue weighted by Gasteiger charge is 2.31. The second kappa shape index (κ2) is 5.77. The van der Waals surface area contributed by atoms with Crippen LogP contribution < -0.4 is 5.32 Å². The summed E-state index contributed by atoms with van der Waals surface area (Å²) in [6.07, 6.45) is 0.804. The fourth-order valence-corrected chi connectivity index (χ4v) is 1.99. The van der Waals surface area contributed by atoms with Crippen LogP contribution in [0, 0.1) is 0 Å². The molecule has 102 valence electrons. The minimum absolute atomic E-state index is 0.477. The first-order valence-corrected chi connectivity index (χ1v) is 6.49. The van der Waals surface area contributed by atoms with E-state index in [1.54, 1.807) is 7.11 Å². The van der Waals surface area contributed by atoms with E-state index in [-0.39, 0.29) is 0 Å². The first kappa shape index (κ1) is 13.5. The molecule has 1 aliphatic rings. The molecule has 1 aromatic heterocycles. The van der Waals surface area contributed by atoms with Crippen LogP contribution in [-0.4, -0.2) is 48.3 Å². The third-order valence-corrected chi connectivity index (χ3v) is 3.62. The summed E-state index contributed by atoms with van der Waals surface area (Å²) in [5.74, 6) is 1.31. The molecule has 6 nitrogen and oxygen atoms in total. The van der Waals surface area contributed by atoms with Gasteiger partial charge in [0.05, 0.1) is 6.54 Å². The predicted molar refractivity (Wildman–Crippen MR) is 67.1 cm³/mol. The van der Waals surface area contributed by atoms with Crippen molar-refractivity contribution < 1.29 is 9.26 Å². The molecular formula is C12H22N4O2. The van der Waals surface area contributed by atoms with Gasteiger partial charge in [0.2, 0.25) is 0 Å². The van der Waals surface area contributed by atoms with Crippen LogP contribution in [0.1, 0.15) is 32.0 Å². The van der Waals surface area contributed by atoms with Crippen LogP contribution in [0.25, 0.3) is 0 Å². The first-order valence-electron chi connectivity index (χ1n) is 6.49. The van der Waals surface area contributed by atoms with Crippen molar-refractivity contribution in [2.45, 2.75) is 32.4 Å². The van der Waals surface area contributed by atoms with Crippen molar-refractivity contribution in [2.24, 2.45) is 0 Å². The van der Waals surface area contributed by atoms with E-state index in [4.69, 9.17) is 9.26 Å². The molecule has 1 aliphatic heterocycles. The number of aromatic nitrogens is 2. The summed E-state index contributed by atoms with van der Waals surface area (Å²) in [5.41, 5.74) is -0.477. The topological polar surface area (TPSA) is 63.4 Å². The van der Waals surface area contributed by atoms with Crippen molar-refractivity contribution in [3.8, 4) is 0 Å². The summed E-state index contributed by atoms with van der Waals surface area (Å²) in [7, 11) is 1.67. The minimum atomic E-state index is -0.477. The number of hydrogen-bond donors (Lipinski definition) is 1. The van der Waals surface area contributed by atoms with Crippen LogP contribution in [0.15, 0.2) is 4.52 Å². The SMILES string of the molecule is CCC(C)(OC)c1nc(CN2CCNCC2)no1. The van der Waals surface area contributed by atoms with Gasteiger partial charge in [0.1, 0.15) is 5.60 Å². The molecule has 1 N–H and O–H groups in total. The third kappa shape index (κ3) is 2.88. The lowest BCUT2D eigenvalue weighted by molar-refractivity contribution is -0.0272. The van der Waals surface area contributed by atoms with Gasteiger partial charge in [-0.3, -0.25) is 4.90 Å². The zero-order chi connectivity index (χ0) is 13.0. The molecule has 18 heavy (non-hydrogen) atoms. The standard InChI is InChI=1S/C12H22N4O2/c1-4-12(2,17-3)11-14-10(15-18-11)9-16-7-5-13-6-8-16/h13H,4-9H2,1-3H3. The average Bonchev–Trinajstić information content (AvgIpc) is 2.88. The molecule has 0 amide bonds. The summed E-state index contributed by atoms with van der Waals surface area (Å²) < 4.78 is 10.8. The lowest BCUT2D eigenvalue weighted by atomic mass is 10.0. The van der Waals surface area contributed by atoms with Crippen molar-refractivity contribution in [1.82, 2.24) is 20.4 Å². The van der Waals surface area contributed by atoms with E-state index < -0.39 is 5.60 Å². The Morgan fingerprint density at radius 3 is 2.78 bits per heavy atom. The smallest absolute Gasteiger partial charge is 0.258 e. The van der Waals surface area contributed by atoms with E-state index in [9.17, 15) is 0 Å². The van der Waals surface area contributed by atoms with Crippen molar-refractivity contribution in [3.63, 3.8) is 0 Å². The van der Waals surface area contributed by atoms with E-state index >= 15 is 0 Å². The van der Waals surface area contributed by atoms with Gasteiger partial charge in [-0.15, -0.1) is 0 Å². The van der Waals surface area contributed by atoms with Gasteiger partial charge in [-0.2, -0.15) is 4.98 Å². The van der Waals surface area contributed by atoms with Gasteiger partial charge in [0, 0.05) is 33.3 Å². The van der Waals surface area contributed by atoms with Gasteiger partial charge < -0.3 is 14.6 Å². The Hall–Kier alpha value is -0.980. The number of methoxy groups -OCH3 is 1. The number of piperazine rings is 1. The molecule has 6 heteroatoms. The van der Waals surface area contributed by atoms with Crippen molar-refractivity contribution >= 4 is 0 Å². The van der Waals surface area contributed by atoms with Gasteiger partial charge in [-0.05, 0) is 13.3 Å². The maximum atomic E-state index is 5.46. The minimum Gasteiger partial charge on any atom is -0.369 e. The molecule has 2 heterocycles. The molecule has 1 saturated heterocycles. The molecular weight excluding hydrogens is 232 g/mol. The Bertz CT molecular complexity index is 370. The van der Waals surface area contributed by atoms with Crippen molar-refractivity contribution in [2.75, 3.05) is 33.3 Å². The Labute approximate surface area is 108 Å². The van der Waals surface area contributed by atoms with Gasteiger partial charge in [-0.1, -0.05) is 12.1 Å². The van der Waals surface area contributed by atoms with Gasteiger partial charge in [-0.25, -0.2) is 0 Å². The fraction of sp³-hybridized carbons (Fsp3) is 0.833. The number of nitrogens with zero attached hydrogens (tertiary/aromatic N) is 3. The summed E-state index contributed by atoms with van der Waals surface area (Å²) in [6.45, 7) is 8.86. The normalized spacial score (nSPS) is 20.8. The molecule has 0 aromatic carbocycles. The van der Waals surface area contributed by atoms with Crippen molar-refractivity contribution in [3.05, 3.63) is 11.7 Å². The summed E-state index contributed by atoms with van der Waals surface area (Å²) in [5, 5.41) is 7.37. The lowest BCUT2D eigenvalue weighted by Gasteiger charge is -2.25. The number of ether oxygens (including phenoxy) is 1. The Kier molecular flexibility index (Phi) is 4.31. The Balaban J connectivity index is 2.01. The predicted octanol–water partition coefficient (Wildman–Crippen LogP) is 0.746. The molecule has 0 saturated carbocycles. The lowest BCUT2D eigenvalue weighted by Crippen LogP contribution is -2.43. The number of hydrogen-bond acceptors (Lipinski definition) is 6. The van der Waals surface area contributed by atoms with Crippen LogP contribution >= 0.6 is 0 Å². The van der Waals surface area contributed by atoms with Gasteiger partial charge >= 0.3 is 0 Å². The maximum Gasteiger partial charge on any atom is 0.258 e. The van der Waals surface area contributed by atoms with Crippen LogP contribution in [0.2, 0.25) is 0 Å². The summed E-state index contributed by atoms with van der Waals surface area (Å²) in [4.78, 5) is 6.77. The molecule has 0 aliphatic carbocycles. The highest BCUT2D eigenvalue weighted by molar-refractivity contribution is 4.97. The molecule has 0 bridgehead atoms. The zero-order valence-corrected chi connectivity index (χ0v) is 11.4. The zero-order valence-electron chi connectivity index (χ0n) is 11.4. The average molecular weight is 254 g/mol.